The van der Waals surface area contributed by atoms with Crippen LogP contribution in [0.4, 0.5) is 11.5 Å². The van der Waals surface area contributed by atoms with E-state index in [9.17, 15) is 4.79 Å². The first kappa shape index (κ1) is 19.9. The zero-order valence-electron chi connectivity index (χ0n) is 16.9. The SMILES string of the molecule is CCOC(=O)c1nc(Nc2ccc(Cl)cc2)c2c(C)c(C)n(-c3ccccc3)c2n1. The second kappa shape index (κ2) is 8.16. The van der Waals surface area contributed by atoms with Crippen molar-refractivity contribution >= 4 is 40.1 Å². The highest BCUT2D eigenvalue weighted by Crippen LogP contribution is 2.33. The highest BCUT2D eigenvalue weighted by Gasteiger charge is 2.22. The fourth-order valence-electron chi connectivity index (χ4n) is 3.40. The Bertz CT molecular complexity index is 1220. The lowest BCUT2D eigenvalue weighted by atomic mass is 10.2. The summed E-state index contributed by atoms with van der Waals surface area (Å²) in [4.78, 5) is 21.6. The van der Waals surface area contributed by atoms with Crippen LogP contribution in [0.25, 0.3) is 16.7 Å². The number of carbonyl (C=O) groups excluding carboxylic acids is 1. The predicted molar refractivity (Wildman–Crippen MR) is 119 cm³/mol. The Hall–Kier alpha value is -3.38. The van der Waals surface area contributed by atoms with Gasteiger partial charge in [-0.3, -0.25) is 4.57 Å². The van der Waals surface area contributed by atoms with Gasteiger partial charge < -0.3 is 10.1 Å². The number of rotatable bonds is 5. The highest BCUT2D eigenvalue weighted by atomic mass is 35.5. The van der Waals surface area contributed by atoms with E-state index in [1.54, 1.807) is 19.1 Å². The number of hydrogen-bond donors (Lipinski definition) is 1. The maximum absolute atomic E-state index is 12.5. The van der Waals surface area contributed by atoms with Gasteiger partial charge in [-0.05, 0) is 62.7 Å². The first-order chi connectivity index (χ1) is 14.5. The number of fused-ring (bicyclic) bond motifs is 1. The number of aryl methyl sites for hydroxylation is 1. The molecule has 0 aliphatic carbocycles. The number of halogens is 1. The van der Waals surface area contributed by atoms with Gasteiger partial charge in [-0.2, -0.15) is 0 Å². The molecule has 6 nitrogen and oxygen atoms in total. The molecule has 0 aliphatic heterocycles. The maximum atomic E-state index is 12.5. The van der Waals surface area contributed by atoms with E-state index in [0.717, 1.165) is 28.0 Å². The zero-order valence-corrected chi connectivity index (χ0v) is 17.7. The van der Waals surface area contributed by atoms with Crippen LogP contribution < -0.4 is 5.32 Å². The van der Waals surface area contributed by atoms with Crippen LogP contribution in [0, 0.1) is 13.8 Å². The molecule has 0 spiro atoms. The molecule has 0 atom stereocenters. The van der Waals surface area contributed by atoms with Crippen LogP contribution in [0.5, 0.6) is 0 Å². The lowest BCUT2D eigenvalue weighted by molar-refractivity contribution is 0.0512. The number of aromatic nitrogens is 3. The minimum Gasteiger partial charge on any atom is -0.460 e. The van der Waals surface area contributed by atoms with Crippen molar-refractivity contribution in [3.05, 3.63) is 76.7 Å². The first-order valence-corrected chi connectivity index (χ1v) is 10.0. The zero-order chi connectivity index (χ0) is 21.3. The van der Waals surface area contributed by atoms with Gasteiger partial charge in [0.15, 0.2) is 5.65 Å². The van der Waals surface area contributed by atoms with Crippen LogP contribution in [0.15, 0.2) is 54.6 Å². The van der Waals surface area contributed by atoms with E-state index in [0.29, 0.717) is 16.5 Å². The summed E-state index contributed by atoms with van der Waals surface area (Å²) in [6.45, 7) is 6.06. The summed E-state index contributed by atoms with van der Waals surface area (Å²) in [6.07, 6.45) is 0. The Morgan fingerprint density at radius 3 is 2.43 bits per heavy atom. The molecule has 0 fully saturated rings. The molecule has 0 saturated heterocycles. The van der Waals surface area contributed by atoms with Crippen LogP contribution in [0.2, 0.25) is 5.02 Å². The summed E-state index contributed by atoms with van der Waals surface area (Å²) in [5.41, 5.74) is 4.45. The van der Waals surface area contributed by atoms with Crippen molar-refractivity contribution in [1.82, 2.24) is 14.5 Å². The normalized spacial score (nSPS) is 10.9. The molecular weight excluding hydrogens is 400 g/mol. The lowest BCUT2D eigenvalue weighted by Crippen LogP contribution is -2.12. The van der Waals surface area contributed by atoms with Crippen LogP contribution in [0.1, 0.15) is 28.8 Å². The summed E-state index contributed by atoms with van der Waals surface area (Å²) in [5.74, 6) is -0.00850. The molecular formula is C23H21ClN4O2. The van der Waals surface area contributed by atoms with Crippen molar-refractivity contribution in [2.75, 3.05) is 11.9 Å². The highest BCUT2D eigenvalue weighted by molar-refractivity contribution is 6.30. The number of hydrogen-bond acceptors (Lipinski definition) is 5. The molecule has 1 N–H and O–H groups in total. The Morgan fingerprint density at radius 1 is 1.07 bits per heavy atom. The molecule has 0 saturated carbocycles. The Labute approximate surface area is 179 Å². The molecule has 0 amide bonds. The first-order valence-electron chi connectivity index (χ1n) is 9.64. The summed E-state index contributed by atoms with van der Waals surface area (Å²) >= 11 is 6.01. The molecule has 152 valence electrons. The van der Waals surface area contributed by atoms with Crippen molar-refractivity contribution in [3.63, 3.8) is 0 Å². The maximum Gasteiger partial charge on any atom is 0.376 e. The fraction of sp³-hybridized carbons (Fsp3) is 0.174. The predicted octanol–water partition coefficient (Wildman–Crippen LogP) is 5.61. The second-order valence-corrected chi connectivity index (χ2v) is 7.26. The van der Waals surface area contributed by atoms with Crippen molar-refractivity contribution in [2.45, 2.75) is 20.8 Å². The van der Waals surface area contributed by atoms with Gasteiger partial charge in [0.2, 0.25) is 5.82 Å². The molecule has 7 heteroatoms. The van der Waals surface area contributed by atoms with Gasteiger partial charge in [0.1, 0.15) is 5.82 Å². The van der Waals surface area contributed by atoms with Crippen LogP contribution in [-0.4, -0.2) is 27.1 Å². The van der Waals surface area contributed by atoms with Gasteiger partial charge in [-0.1, -0.05) is 29.8 Å². The van der Waals surface area contributed by atoms with Gasteiger partial charge in [-0.25, -0.2) is 14.8 Å². The molecule has 0 unspecified atom stereocenters. The van der Waals surface area contributed by atoms with Gasteiger partial charge in [0, 0.05) is 22.1 Å². The average Bonchev–Trinajstić information content (AvgIpc) is 3.01. The van der Waals surface area contributed by atoms with Crippen LogP contribution >= 0.6 is 11.6 Å². The third kappa shape index (κ3) is 3.62. The van der Waals surface area contributed by atoms with Crippen LogP contribution in [-0.2, 0) is 4.74 Å². The summed E-state index contributed by atoms with van der Waals surface area (Å²) in [5, 5.41) is 4.80. The largest absolute Gasteiger partial charge is 0.460 e. The van der Waals surface area contributed by atoms with E-state index in [-0.39, 0.29) is 12.4 Å². The molecule has 2 heterocycles. The van der Waals surface area contributed by atoms with Crippen molar-refractivity contribution < 1.29 is 9.53 Å². The van der Waals surface area contributed by atoms with Gasteiger partial charge in [-0.15, -0.1) is 0 Å². The van der Waals surface area contributed by atoms with Crippen molar-refractivity contribution in [3.8, 4) is 5.69 Å². The van der Waals surface area contributed by atoms with Gasteiger partial charge in [0.25, 0.3) is 0 Å². The molecule has 2 aromatic carbocycles. The van der Waals surface area contributed by atoms with Crippen molar-refractivity contribution in [1.29, 1.82) is 0 Å². The summed E-state index contributed by atoms with van der Waals surface area (Å²) in [7, 11) is 0. The van der Waals surface area contributed by atoms with E-state index in [2.05, 4.69) is 15.3 Å². The second-order valence-electron chi connectivity index (χ2n) is 6.83. The van der Waals surface area contributed by atoms with E-state index in [1.165, 1.54) is 0 Å². The molecule has 0 aliphatic rings. The average molecular weight is 421 g/mol. The number of carbonyl (C=O) groups is 1. The summed E-state index contributed by atoms with van der Waals surface area (Å²) < 4.78 is 7.19. The third-order valence-corrected chi connectivity index (χ3v) is 5.19. The smallest absolute Gasteiger partial charge is 0.376 e. The minimum atomic E-state index is -0.560. The molecule has 0 bridgehead atoms. The summed E-state index contributed by atoms with van der Waals surface area (Å²) in [6, 6.07) is 17.2. The molecule has 4 rings (SSSR count). The number of para-hydroxylation sites is 1. The molecule has 4 aromatic rings. The van der Waals surface area contributed by atoms with E-state index >= 15 is 0 Å². The Balaban J connectivity index is 1.97. The standard InChI is InChI=1S/C23H21ClN4O2/c1-4-30-23(29)21-26-20(25-17-12-10-16(24)11-13-17)19-14(2)15(3)28(22(19)27-21)18-8-6-5-7-9-18/h5-13H,4H2,1-3H3,(H,25,26,27). The number of esters is 1. The van der Waals surface area contributed by atoms with E-state index < -0.39 is 5.97 Å². The van der Waals surface area contributed by atoms with Crippen LogP contribution in [0.3, 0.4) is 0 Å². The fourth-order valence-corrected chi connectivity index (χ4v) is 3.53. The molecule has 2 aromatic heterocycles. The Morgan fingerprint density at radius 2 is 1.77 bits per heavy atom. The Kier molecular flexibility index (Phi) is 5.42. The molecule has 30 heavy (non-hydrogen) atoms. The lowest BCUT2D eigenvalue weighted by Gasteiger charge is -2.11. The number of nitrogens with zero attached hydrogens (tertiary/aromatic N) is 3. The number of benzene rings is 2. The number of ether oxygens (including phenoxy) is 1. The van der Waals surface area contributed by atoms with Gasteiger partial charge in [0.05, 0.1) is 12.0 Å². The van der Waals surface area contributed by atoms with Gasteiger partial charge >= 0.3 is 5.97 Å². The molecule has 0 radical (unpaired) electrons. The monoisotopic (exact) mass is 420 g/mol. The number of nitrogens with one attached hydrogen (secondary N) is 1. The minimum absolute atomic E-state index is 0.00972. The van der Waals surface area contributed by atoms with E-state index in [1.807, 2.05) is 60.9 Å². The van der Waals surface area contributed by atoms with Crippen molar-refractivity contribution in [2.24, 2.45) is 0 Å². The third-order valence-electron chi connectivity index (χ3n) is 4.93. The topological polar surface area (TPSA) is 69.0 Å². The number of anilines is 2. The quantitative estimate of drug-likeness (QED) is 0.425. The van der Waals surface area contributed by atoms with E-state index in [4.69, 9.17) is 16.3 Å².